The van der Waals surface area contributed by atoms with E-state index >= 15 is 0 Å². The number of amides is 1. The number of para-hydroxylation sites is 1. The molecule has 24 heavy (non-hydrogen) atoms. The van der Waals surface area contributed by atoms with Gasteiger partial charge in [-0.15, -0.1) is 0 Å². The molecular weight excluding hydrogens is 324 g/mol. The summed E-state index contributed by atoms with van der Waals surface area (Å²) in [6, 6.07) is 14.3. The fraction of sp³-hybridized carbons (Fsp3) is 0.278. The van der Waals surface area contributed by atoms with E-state index in [1.165, 1.54) is 4.31 Å². The minimum absolute atomic E-state index is 0.159. The lowest BCUT2D eigenvalue weighted by molar-refractivity contribution is 0.102. The van der Waals surface area contributed by atoms with Crippen molar-refractivity contribution in [1.82, 2.24) is 0 Å². The average Bonchev–Trinajstić information content (AvgIpc) is 2.56. The van der Waals surface area contributed by atoms with E-state index in [2.05, 4.69) is 5.32 Å². The predicted octanol–water partition coefficient (Wildman–Crippen LogP) is 3.18. The largest absolute Gasteiger partial charge is 0.322 e. The van der Waals surface area contributed by atoms with E-state index in [1.54, 1.807) is 24.3 Å². The van der Waals surface area contributed by atoms with Crippen LogP contribution in [0, 0.1) is 6.92 Å². The summed E-state index contributed by atoms with van der Waals surface area (Å²) in [5, 5.41) is 2.87. The molecule has 5 nitrogen and oxygen atoms in total. The summed E-state index contributed by atoms with van der Waals surface area (Å²) in [6.45, 7) is 2.39. The maximum Gasteiger partial charge on any atom is 0.255 e. The summed E-state index contributed by atoms with van der Waals surface area (Å²) in [6.07, 6.45) is 1.52. The number of carbonyl (C=O) groups excluding carboxylic acids is 1. The zero-order chi connectivity index (χ0) is 17.2. The first kappa shape index (κ1) is 16.5. The molecule has 0 aliphatic carbocycles. The molecule has 0 spiro atoms. The standard InChI is InChI=1S/C18H20N2O3S/c1-14-7-2-3-10-17(14)19-18(21)15-8-6-9-16(13-15)20-11-4-5-12-24(20,22)23/h2-3,6-10,13H,4-5,11-12H2,1H3,(H,19,21). The quantitative estimate of drug-likeness (QED) is 0.930. The molecule has 1 aliphatic rings. The molecule has 1 N–H and O–H groups in total. The van der Waals surface area contributed by atoms with Crippen molar-refractivity contribution in [1.29, 1.82) is 0 Å². The van der Waals surface area contributed by atoms with Gasteiger partial charge in [0, 0.05) is 17.8 Å². The van der Waals surface area contributed by atoms with Crippen LogP contribution in [0.15, 0.2) is 48.5 Å². The number of hydrogen-bond acceptors (Lipinski definition) is 3. The number of sulfonamides is 1. The van der Waals surface area contributed by atoms with Crippen molar-refractivity contribution in [3.8, 4) is 0 Å². The lowest BCUT2D eigenvalue weighted by Gasteiger charge is -2.28. The first-order valence-corrected chi connectivity index (χ1v) is 9.56. The Balaban J connectivity index is 1.85. The molecule has 6 heteroatoms. The van der Waals surface area contributed by atoms with Crippen LogP contribution >= 0.6 is 0 Å². The van der Waals surface area contributed by atoms with Gasteiger partial charge in [0.25, 0.3) is 5.91 Å². The van der Waals surface area contributed by atoms with Crippen molar-refractivity contribution in [2.75, 3.05) is 21.9 Å². The maximum atomic E-state index is 12.5. The third-order valence-corrected chi connectivity index (χ3v) is 6.01. The van der Waals surface area contributed by atoms with Gasteiger partial charge < -0.3 is 5.32 Å². The van der Waals surface area contributed by atoms with Gasteiger partial charge in [0.1, 0.15) is 0 Å². The van der Waals surface area contributed by atoms with Gasteiger partial charge in [0.15, 0.2) is 0 Å². The smallest absolute Gasteiger partial charge is 0.255 e. The lowest BCUT2D eigenvalue weighted by atomic mass is 10.1. The van der Waals surface area contributed by atoms with Gasteiger partial charge in [-0.2, -0.15) is 0 Å². The van der Waals surface area contributed by atoms with E-state index in [9.17, 15) is 13.2 Å². The number of rotatable bonds is 3. The van der Waals surface area contributed by atoms with E-state index in [4.69, 9.17) is 0 Å². The zero-order valence-corrected chi connectivity index (χ0v) is 14.3. The molecule has 1 heterocycles. The monoisotopic (exact) mass is 344 g/mol. The molecular formula is C18H20N2O3S. The topological polar surface area (TPSA) is 66.5 Å². The molecule has 1 aliphatic heterocycles. The first-order chi connectivity index (χ1) is 11.5. The Bertz CT molecular complexity index is 862. The van der Waals surface area contributed by atoms with Gasteiger partial charge in [-0.1, -0.05) is 24.3 Å². The number of nitrogens with one attached hydrogen (secondary N) is 1. The second-order valence-corrected chi connectivity index (χ2v) is 7.93. The normalized spacial score (nSPS) is 16.6. The van der Waals surface area contributed by atoms with Crippen LogP contribution in [0.5, 0.6) is 0 Å². The van der Waals surface area contributed by atoms with Gasteiger partial charge >= 0.3 is 0 Å². The number of benzene rings is 2. The van der Waals surface area contributed by atoms with Crippen LogP contribution in [0.1, 0.15) is 28.8 Å². The fourth-order valence-corrected chi connectivity index (χ4v) is 4.42. The highest BCUT2D eigenvalue weighted by Crippen LogP contribution is 2.25. The van der Waals surface area contributed by atoms with E-state index in [0.29, 0.717) is 24.2 Å². The summed E-state index contributed by atoms with van der Waals surface area (Å²) in [7, 11) is -3.28. The van der Waals surface area contributed by atoms with Crippen LogP contribution in [-0.4, -0.2) is 26.6 Å². The third-order valence-electron chi connectivity index (χ3n) is 4.14. The Morgan fingerprint density at radius 3 is 2.62 bits per heavy atom. The van der Waals surface area contributed by atoms with Crippen LogP contribution in [0.25, 0.3) is 0 Å². The van der Waals surface area contributed by atoms with Gasteiger partial charge in [-0.3, -0.25) is 9.10 Å². The highest BCUT2D eigenvalue weighted by Gasteiger charge is 2.26. The Hall–Kier alpha value is -2.34. The van der Waals surface area contributed by atoms with Crippen LogP contribution < -0.4 is 9.62 Å². The predicted molar refractivity (Wildman–Crippen MR) is 95.9 cm³/mol. The van der Waals surface area contributed by atoms with Crippen molar-refractivity contribution >= 4 is 27.3 Å². The highest BCUT2D eigenvalue weighted by molar-refractivity contribution is 7.92. The molecule has 0 unspecified atom stereocenters. The minimum atomic E-state index is -3.28. The molecule has 2 aromatic carbocycles. The number of nitrogens with zero attached hydrogens (tertiary/aromatic N) is 1. The highest BCUT2D eigenvalue weighted by atomic mass is 32.2. The molecule has 0 radical (unpaired) electrons. The first-order valence-electron chi connectivity index (χ1n) is 7.95. The summed E-state index contributed by atoms with van der Waals surface area (Å²) < 4.78 is 25.9. The SMILES string of the molecule is Cc1ccccc1NC(=O)c1cccc(N2CCCCS2(=O)=O)c1. The molecule has 1 amide bonds. The van der Waals surface area contributed by atoms with Crippen molar-refractivity contribution in [2.24, 2.45) is 0 Å². The average molecular weight is 344 g/mol. The zero-order valence-electron chi connectivity index (χ0n) is 13.5. The summed E-state index contributed by atoms with van der Waals surface area (Å²) in [5.74, 6) is -0.0901. The Morgan fingerprint density at radius 1 is 1.08 bits per heavy atom. The van der Waals surface area contributed by atoms with Gasteiger partial charge in [-0.25, -0.2) is 8.42 Å². The molecule has 0 aromatic heterocycles. The lowest BCUT2D eigenvalue weighted by Crippen LogP contribution is -2.37. The van der Waals surface area contributed by atoms with Crippen molar-refractivity contribution in [3.63, 3.8) is 0 Å². The number of carbonyl (C=O) groups is 1. The molecule has 3 rings (SSSR count). The molecule has 0 atom stereocenters. The van der Waals surface area contributed by atoms with Crippen LogP contribution in [-0.2, 0) is 10.0 Å². The van der Waals surface area contributed by atoms with Crippen molar-refractivity contribution < 1.29 is 13.2 Å². The van der Waals surface area contributed by atoms with E-state index < -0.39 is 10.0 Å². The van der Waals surface area contributed by atoms with E-state index in [1.807, 2.05) is 31.2 Å². The minimum Gasteiger partial charge on any atom is -0.322 e. The fourth-order valence-electron chi connectivity index (χ4n) is 2.79. The number of hydrogen-bond donors (Lipinski definition) is 1. The maximum absolute atomic E-state index is 12.5. The molecule has 126 valence electrons. The van der Waals surface area contributed by atoms with Gasteiger partial charge in [0.2, 0.25) is 10.0 Å². The Kier molecular flexibility index (Phi) is 4.57. The van der Waals surface area contributed by atoms with Crippen molar-refractivity contribution in [3.05, 3.63) is 59.7 Å². The van der Waals surface area contributed by atoms with Crippen molar-refractivity contribution in [2.45, 2.75) is 19.8 Å². The third kappa shape index (κ3) is 3.43. The Morgan fingerprint density at radius 2 is 1.88 bits per heavy atom. The second-order valence-electron chi connectivity index (χ2n) is 5.91. The van der Waals surface area contributed by atoms with E-state index in [-0.39, 0.29) is 11.7 Å². The van der Waals surface area contributed by atoms with Crippen LogP contribution in [0.2, 0.25) is 0 Å². The van der Waals surface area contributed by atoms with Crippen LogP contribution in [0.3, 0.4) is 0 Å². The summed E-state index contributed by atoms with van der Waals surface area (Å²) >= 11 is 0. The molecule has 1 saturated heterocycles. The number of anilines is 2. The molecule has 1 fully saturated rings. The van der Waals surface area contributed by atoms with E-state index in [0.717, 1.165) is 17.7 Å². The molecule has 0 bridgehead atoms. The summed E-state index contributed by atoms with van der Waals surface area (Å²) in [4.78, 5) is 12.5. The molecule has 2 aromatic rings. The number of aryl methyl sites for hydroxylation is 1. The van der Waals surface area contributed by atoms with Gasteiger partial charge in [-0.05, 0) is 49.6 Å². The molecule has 0 saturated carbocycles. The van der Waals surface area contributed by atoms with Gasteiger partial charge in [0.05, 0.1) is 11.4 Å². The summed E-state index contributed by atoms with van der Waals surface area (Å²) in [5.41, 5.74) is 2.71. The second kappa shape index (κ2) is 6.65. The van der Waals surface area contributed by atoms with Crippen LogP contribution in [0.4, 0.5) is 11.4 Å². The Labute approximate surface area is 142 Å².